The van der Waals surface area contributed by atoms with Crippen LogP contribution in [-0.2, 0) is 4.79 Å². The Bertz CT molecular complexity index is 516. The summed E-state index contributed by atoms with van der Waals surface area (Å²) in [7, 11) is 0. The van der Waals surface area contributed by atoms with Gasteiger partial charge in [0.2, 0.25) is 0 Å². The van der Waals surface area contributed by atoms with Gasteiger partial charge in [-0.15, -0.1) is 0 Å². The van der Waals surface area contributed by atoms with Gasteiger partial charge in [0.05, 0.1) is 12.0 Å². The Kier molecular flexibility index (Phi) is 3.98. The fourth-order valence-electron chi connectivity index (χ4n) is 2.73. The fraction of sp³-hybridized carbons (Fsp3) is 0.533. The van der Waals surface area contributed by atoms with Crippen molar-refractivity contribution < 1.29 is 14.6 Å². The zero-order valence-electron chi connectivity index (χ0n) is 11.1. The highest BCUT2D eigenvalue weighted by Crippen LogP contribution is 2.37. The quantitative estimate of drug-likeness (QED) is 0.884. The molecule has 1 aromatic carbocycles. The van der Waals surface area contributed by atoms with E-state index in [1.807, 2.05) is 18.2 Å². The van der Waals surface area contributed by atoms with Crippen molar-refractivity contribution >= 4 is 21.9 Å². The van der Waals surface area contributed by atoms with Gasteiger partial charge in [0, 0.05) is 22.6 Å². The first-order chi connectivity index (χ1) is 9.63. The summed E-state index contributed by atoms with van der Waals surface area (Å²) in [5.41, 5.74) is 1.06. The number of rotatable bonds is 4. The molecule has 2 atom stereocenters. The molecule has 0 bridgehead atoms. The molecule has 0 spiro atoms. The van der Waals surface area contributed by atoms with Crippen LogP contribution < -0.4 is 10.1 Å². The van der Waals surface area contributed by atoms with Crippen LogP contribution in [0, 0.1) is 5.92 Å². The van der Waals surface area contributed by atoms with Gasteiger partial charge in [0.1, 0.15) is 5.75 Å². The molecular weight excluding hydrogens is 322 g/mol. The van der Waals surface area contributed by atoms with Crippen molar-refractivity contribution in [3.05, 3.63) is 28.2 Å². The lowest BCUT2D eigenvalue weighted by atomic mass is 9.95. The molecule has 1 aromatic rings. The third-order valence-electron chi connectivity index (χ3n) is 4.17. The minimum Gasteiger partial charge on any atom is -0.490 e. The number of benzene rings is 1. The Hall–Kier alpha value is -1.07. The molecule has 4 nitrogen and oxygen atoms in total. The first-order valence-electron chi connectivity index (χ1n) is 7.06. The molecule has 2 aliphatic rings. The lowest BCUT2D eigenvalue weighted by Gasteiger charge is -2.28. The number of carboxylic acids is 1. The zero-order valence-corrected chi connectivity index (χ0v) is 12.7. The van der Waals surface area contributed by atoms with Crippen LogP contribution in [0.15, 0.2) is 22.7 Å². The summed E-state index contributed by atoms with van der Waals surface area (Å²) in [6, 6.07) is 6.05. The van der Waals surface area contributed by atoms with Crippen LogP contribution in [0.5, 0.6) is 5.75 Å². The van der Waals surface area contributed by atoms with Crippen molar-refractivity contribution in [3.63, 3.8) is 0 Å². The van der Waals surface area contributed by atoms with E-state index in [-0.39, 0.29) is 12.0 Å². The number of ether oxygens (including phenoxy) is 1. The topological polar surface area (TPSA) is 58.6 Å². The van der Waals surface area contributed by atoms with E-state index in [1.165, 1.54) is 6.42 Å². The van der Waals surface area contributed by atoms with Gasteiger partial charge in [0.25, 0.3) is 0 Å². The van der Waals surface area contributed by atoms with Gasteiger partial charge in [-0.3, -0.25) is 4.79 Å². The molecule has 1 saturated carbocycles. The first kappa shape index (κ1) is 13.9. The van der Waals surface area contributed by atoms with E-state index in [9.17, 15) is 4.79 Å². The highest BCUT2D eigenvalue weighted by molar-refractivity contribution is 9.10. The lowest BCUT2D eigenvalue weighted by Crippen LogP contribution is -2.25. The number of aliphatic carboxylic acids is 1. The number of nitrogens with one attached hydrogen (secondary N) is 1. The van der Waals surface area contributed by atoms with Crippen molar-refractivity contribution in [3.8, 4) is 5.75 Å². The Morgan fingerprint density at radius 2 is 2.20 bits per heavy atom. The summed E-state index contributed by atoms with van der Waals surface area (Å²) in [6.45, 7) is 0.523. The summed E-state index contributed by atoms with van der Waals surface area (Å²) in [6.07, 6.45) is 4.41. The second-order valence-corrected chi connectivity index (χ2v) is 6.50. The van der Waals surface area contributed by atoms with E-state index in [4.69, 9.17) is 9.84 Å². The van der Waals surface area contributed by atoms with Crippen LogP contribution in [0.3, 0.4) is 0 Å². The summed E-state index contributed by atoms with van der Waals surface area (Å²) < 4.78 is 7.03. The number of hydrogen-bond acceptors (Lipinski definition) is 3. The highest BCUT2D eigenvalue weighted by atomic mass is 79.9. The maximum Gasteiger partial charge on any atom is 0.307 e. The molecule has 0 radical (unpaired) electrons. The summed E-state index contributed by atoms with van der Waals surface area (Å²) in [5.74, 6) is -0.145. The minimum absolute atomic E-state index is 0.0590. The molecule has 0 aromatic heterocycles. The van der Waals surface area contributed by atoms with Crippen LogP contribution in [0.4, 0.5) is 0 Å². The number of halogens is 1. The highest BCUT2D eigenvalue weighted by Gasteiger charge is 2.32. The Morgan fingerprint density at radius 1 is 1.40 bits per heavy atom. The molecule has 1 heterocycles. The Morgan fingerprint density at radius 3 is 2.80 bits per heavy atom. The largest absolute Gasteiger partial charge is 0.490 e. The number of carbonyl (C=O) groups is 1. The maximum atomic E-state index is 11.1. The SMILES string of the molecule is O=C(O)C1CNC(c2cc(Br)ccc2OC2CCC2)C1. The summed E-state index contributed by atoms with van der Waals surface area (Å²) in [5, 5.41) is 12.4. The molecule has 1 saturated heterocycles. The van der Waals surface area contributed by atoms with Crippen molar-refractivity contribution in [1.29, 1.82) is 0 Å². The van der Waals surface area contributed by atoms with Crippen LogP contribution in [0.1, 0.15) is 37.3 Å². The fourth-order valence-corrected chi connectivity index (χ4v) is 3.11. The molecule has 2 unspecified atom stereocenters. The predicted molar refractivity (Wildman–Crippen MR) is 78.9 cm³/mol. The standard InChI is InChI=1S/C15H18BrNO3/c16-10-4-5-14(20-11-2-1-3-11)12(7-10)13-6-9(8-17-13)15(18)19/h4-5,7,9,11,13,17H,1-3,6,8H2,(H,18,19). The minimum atomic E-state index is -0.726. The van der Waals surface area contributed by atoms with Crippen molar-refractivity contribution in [2.45, 2.75) is 37.8 Å². The zero-order chi connectivity index (χ0) is 14.1. The van der Waals surface area contributed by atoms with Gasteiger partial charge in [-0.1, -0.05) is 15.9 Å². The molecule has 0 amide bonds. The third-order valence-corrected chi connectivity index (χ3v) is 4.67. The molecular formula is C15H18BrNO3. The van der Waals surface area contributed by atoms with Gasteiger partial charge in [-0.25, -0.2) is 0 Å². The lowest BCUT2D eigenvalue weighted by molar-refractivity contribution is -0.141. The molecule has 3 rings (SSSR count). The van der Waals surface area contributed by atoms with E-state index < -0.39 is 5.97 Å². The monoisotopic (exact) mass is 339 g/mol. The van der Waals surface area contributed by atoms with E-state index in [0.717, 1.165) is 28.6 Å². The first-order valence-corrected chi connectivity index (χ1v) is 7.85. The van der Waals surface area contributed by atoms with E-state index in [0.29, 0.717) is 19.1 Å². The third kappa shape index (κ3) is 2.83. The second kappa shape index (κ2) is 5.74. The van der Waals surface area contributed by atoms with Crippen molar-refractivity contribution in [1.82, 2.24) is 5.32 Å². The maximum absolute atomic E-state index is 11.1. The van der Waals surface area contributed by atoms with Crippen LogP contribution in [0.2, 0.25) is 0 Å². The molecule has 1 aliphatic carbocycles. The molecule has 2 fully saturated rings. The Labute approximate surface area is 126 Å². The van der Waals surface area contributed by atoms with Crippen LogP contribution in [-0.4, -0.2) is 23.7 Å². The summed E-state index contributed by atoms with van der Waals surface area (Å²) >= 11 is 3.49. The second-order valence-electron chi connectivity index (χ2n) is 5.58. The average molecular weight is 340 g/mol. The van der Waals surface area contributed by atoms with E-state index >= 15 is 0 Å². The molecule has 5 heteroatoms. The van der Waals surface area contributed by atoms with E-state index in [1.54, 1.807) is 0 Å². The van der Waals surface area contributed by atoms with Gasteiger partial charge in [-0.05, 0) is 43.9 Å². The average Bonchev–Trinajstić information content (AvgIpc) is 2.84. The normalized spacial score (nSPS) is 26.2. The number of hydrogen-bond donors (Lipinski definition) is 2. The van der Waals surface area contributed by atoms with Crippen LogP contribution >= 0.6 is 15.9 Å². The van der Waals surface area contributed by atoms with Gasteiger partial charge in [0.15, 0.2) is 0 Å². The summed E-state index contributed by atoms with van der Waals surface area (Å²) in [4.78, 5) is 11.1. The predicted octanol–water partition coefficient (Wildman–Crippen LogP) is 3.12. The van der Waals surface area contributed by atoms with Crippen molar-refractivity contribution in [2.75, 3.05) is 6.54 Å². The molecule has 2 N–H and O–H groups in total. The smallest absolute Gasteiger partial charge is 0.307 e. The van der Waals surface area contributed by atoms with Gasteiger partial charge in [-0.2, -0.15) is 0 Å². The Balaban J connectivity index is 1.80. The van der Waals surface area contributed by atoms with Gasteiger partial charge < -0.3 is 15.2 Å². The molecule has 20 heavy (non-hydrogen) atoms. The van der Waals surface area contributed by atoms with E-state index in [2.05, 4.69) is 21.2 Å². The van der Waals surface area contributed by atoms with Crippen molar-refractivity contribution in [2.24, 2.45) is 5.92 Å². The molecule has 1 aliphatic heterocycles. The molecule has 108 valence electrons. The van der Waals surface area contributed by atoms with Crippen LogP contribution in [0.25, 0.3) is 0 Å². The van der Waals surface area contributed by atoms with Gasteiger partial charge >= 0.3 is 5.97 Å². The number of carboxylic acid groups (broad SMARTS) is 1.